The second-order valence-corrected chi connectivity index (χ2v) is 6.25. The summed E-state index contributed by atoms with van der Waals surface area (Å²) in [6.07, 6.45) is 3.84. The zero-order valence-electron chi connectivity index (χ0n) is 13.7. The number of fused-ring (bicyclic) bond motifs is 1. The van der Waals surface area contributed by atoms with Gasteiger partial charge in [-0.3, -0.25) is 9.59 Å². The molecule has 0 saturated carbocycles. The highest BCUT2D eigenvalue weighted by Gasteiger charge is 2.24. The zero-order valence-corrected chi connectivity index (χ0v) is 13.7. The molecule has 0 N–H and O–H groups in total. The number of piperidine rings is 1. The van der Waals surface area contributed by atoms with Crippen molar-refractivity contribution in [1.82, 2.24) is 9.47 Å². The maximum Gasteiger partial charge on any atom is 0.305 e. The van der Waals surface area contributed by atoms with Crippen molar-refractivity contribution in [3.05, 3.63) is 36.3 Å². The zero-order chi connectivity index (χ0) is 17.1. The van der Waals surface area contributed by atoms with Crippen molar-refractivity contribution >= 4 is 22.8 Å². The maximum absolute atomic E-state index is 13.4. The Morgan fingerprint density at radius 2 is 2.00 bits per heavy atom. The number of carbonyl (C=O) groups excluding carboxylic acids is 2. The average Bonchev–Trinajstić information content (AvgIpc) is 2.97. The lowest BCUT2D eigenvalue weighted by atomic mass is 9.93. The van der Waals surface area contributed by atoms with Crippen LogP contribution >= 0.6 is 0 Å². The van der Waals surface area contributed by atoms with Gasteiger partial charge in [-0.15, -0.1) is 0 Å². The van der Waals surface area contributed by atoms with E-state index in [4.69, 9.17) is 4.74 Å². The maximum atomic E-state index is 13.4. The van der Waals surface area contributed by atoms with Crippen LogP contribution in [0.4, 0.5) is 4.39 Å². The third-order valence-electron chi connectivity index (χ3n) is 4.69. The summed E-state index contributed by atoms with van der Waals surface area (Å²) in [4.78, 5) is 25.6. The molecule has 0 bridgehead atoms. The first-order valence-electron chi connectivity index (χ1n) is 8.16. The van der Waals surface area contributed by atoms with Gasteiger partial charge in [-0.25, -0.2) is 4.39 Å². The van der Waals surface area contributed by atoms with E-state index in [1.807, 2.05) is 17.2 Å². The standard InChI is InChI=1S/C18H21FN2O3/c1-24-18(23)10-13-4-7-20(8-5-13)17(22)12-21-9-6-14-2-3-15(19)11-16(14)21/h2-3,6,9,11,13H,4-5,7-8,10,12H2,1H3. The Labute approximate surface area is 140 Å². The van der Waals surface area contributed by atoms with E-state index in [1.165, 1.54) is 19.2 Å². The van der Waals surface area contributed by atoms with Crippen molar-refractivity contribution in [2.45, 2.75) is 25.8 Å². The molecule has 6 heteroatoms. The van der Waals surface area contributed by atoms with E-state index in [0.29, 0.717) is 19.5 Å². The molecule has 1 aliphatic rings. The predicted octanol–water partition coefficient (Wildman–Crippen LogP) is 2.58. The van der Waals surface area contributed by atoms with Gasteiger partial charge in [-0.05, 0) is 48.4 Å². The molecule has 1 aromatic heterocycles. The summed E-state index contributed by atoms with van der Waals surface area (Å²) in [5, 5.41) is 0.918. The highest BCUT2D eigenvalue weighted by Crippen LogP contribution is 2.22. The first-order valence-corrected chi connectivity index (χ1v) is 8.16. The number of amides is 1. The smallest absolute Gasteiger partial charge is 0.305 e. The monoisotopic (exact) mass is 332 g/mol. The van der Waals surface area contributed by atoms with Crippen LogP contribution in [0, 0.1) is 11.7 Å². The number of methoxy groups -OCH3 is 1. The first-order chi connectivity index (χ1) is 11.6. The van der Waals surface area contributed by atoms with Crippen LogP contribution in [0.15, 0.2) is 30.5 Å². The molecule has 1 fully saturated rings. The molecule has 0 atom stereocenters. The van der Waals surface area contributed by atoms with Crippen LogP contribution in [0.3, 0.4) is 0 Å². The quantitative estimate of drug-likeness (QED) is 0.809. The van der Waals surface area contributed by atoms with Gasteiger partial charge in [-0.1, -0.05) is 0 Å². The summed E-state index contributed by atoms with van der Waals surface area (Å²) in [5.74, 6) is -0.199. The second-order valence-electron chi connectivity index (χ2n) is 6.25. The fourth-order valence-corrected chi connectivity index (χ4v) is 3.25. The molecular weight excluding hydrogens is 311 g/mol. The molecule has 24 heavy (non-hydrogen) atoms. The topological polar surface area (TPSA) is 51.5 Å². The van der Waals surface area contributed by atoms with Gasteiger partial charge in [-0.2, -0.15) is 0 Å². The molecule has 0 unspecified atom stereocenters. The molecule has 2 aromatic rings. The van der Waals surface area contributed by atoms with Crippen LogP contribution in [0.2, 0.25) is 0 Å². The molecule has 1 aromatic carbocycles. The van der Waals surface area contributed by atoms with E-state index in [2.05, 4.69) is 0 Å². The minimum atomic E-state index is -0.307. The minimum absolute atomic E-state index is 0.0216. The predicted molar refractivity (Wildman–Crippen MR) is 87.8 cm³/mol. The van der Waals surface area contributed by atoms with Crippen LogP contribution in [0.25, 0.3) is 10.9 Å². The second kappa shape index (κ2) is 7.03. The molecule has 0 radical (unpaired) electrons. The number of benzene rings is 1. The van der Waals surface area contributed by atoms with Crippen molar-refractivity contribution in [1.29, 1.82) is 0 Å². The van der Waals surface area contributed by atoms with E-state index in [0.717, 1.165) is 23.7 Å². The lowest BCUT2D eigenvalue weighted by Gasteiger charge is -2.31. The number of rotatable bonds is 4. The number of carbonyl (C=O) groups is 2. The fourth-order valence-electron chi connectivity index (χ4n) is 3.25. The van der Waals surface area contributed by atoms with E-state index in [9.17, 15) is 14.0 Å². The van der Waals surface area contributed by atoms with E-state index < -0.39 is 0 Å². The number of esters is 1. The van der Waals surface area contributed by atoms with Crippen molar-refractivity contribution in [2.75, 3.05) is 20.2 Å². The Bertz CT molecular complexity index is 748. The van der Waals surface area contributed by atoms with Gasteiger partial charge in [0.25, 0.3) is 0 Å². The van der Waals surface area contributed by atoms with Gasteiger partial charge in [0, 0.05) is 25.7 Å². The third kappa shape index (κ3) is 3.58. The molecule has 1 amide bonds. The van der Waals surface area contributed by atoms with Crippen LogP contribution in [0.1, 0.15) is 19.3 Å². The van der Waals surface area contributed by atoms with Crippen LogP contribution in [0.5, 0.6) is 0 Å². The highest BCUT2D eigenvalue weighted by atomic mass is 19.1. The molecule has 5 nitrogen and oxygen atoms in total. The van der Waals surface area contributed by atoms with E-state index >= 15 is 0 Å². The molecule has 1 aliphatic heterocycles. The number of likely N-dealkylation sites (tertiary alicyclic amines) is 1. The van der Waals surface area contributed by atoms with Crippen LogP contribution in [-0.4, -0.2) is 41.5 Å². The highest BCUT2D eigenvalue weighted by molar-refractivity contribution is 5.83. The molecular formula is C18H21FN2O3. The third-order valence-corrected chi connectivity index (χ3v) is 4.69. The average molecular weight is 332 g/mol. The molecule has 3 rings (SSSR count). The lowest BCUT2D eigenvalue weighted by Crippen LogP contribution is -2.40. The number of nitrogens with zero attached hydrogens (tertiary/aromatic N) is 2. The van der Waals surface area contributed by atoms with E-state index in [1.54, 1.807) is 10.6 Å². The summed E-state index contributed by atoms with van der Waals surface area (Å²) < 4.78 is 19.9. The van der Waals surface area contributed by atoms with E-state index in [-0.39, 0.29) is 30.2 Å². The summed E-state index contributed by atoms with van der Waals surface area (Å²) in [5.41, 5.74) is 0.726. The molecule has 0 aliphatic carbocycles. The Hall–Kier alpha value is -2.37. The Morgan fingerprint density at radius 3 is 2.71 bits per heavy atom. The number of hydrogen-bond acceptors (Lipinski definition) is 3. The summed E-state index contributed by atoms with van der Waals surface area (Å²) in [7, 11) is 1.39. The SMILES string of the molecule is COC(=O)CC1CCN(C(=O)Cn2ccc3ccc(F)cc32)CC1. The molecule has 128 valence electrons. The van der Waals surface area contributed by atoms with Gasteiger partial charge in [0.05, 0.1) is 12.6 Å². The van der Waals surface area contributed by atoms with Gasteiger partial charge < -0.3 is 14.2 Å². The van der Waals surface area contributed by atoms with Crippen molar-refractivity contribution in [3.63, 3.8) is 0 Å². The first kappa shape index (κ1) is 16.5. The number of ether oxygens (including phenoxy) is 1. The van der Waals surface area contributed by atoms with Gasteiger partial charge in [0.15, 0.2) is 0 Å². The Kier molecular flexibility index (Phi) is 4.83. The van der Waals surface area contributed by atoms with Crippen LogP contribution < -0.4 is 0 Å². The van der Waals surface area contributed by atoms with Crippen LogP contribution in [-0.2, 0) is 20.9 Å². The van der Waals surface area contributed by atoms with Gasteiger partial charge in [0.1, 0.15) is 12.4 Å². The Balaban J connectivity index is 1.59. The van der Waals surface area contributed by atoms with Crippen molar-refractivity contribution in [2.24, 2.45) is 5.92 Å². The Morgan fingerprint density at radius 1 is 1.25 bits per heavy atom. The normalized spacial score (nSPS) is 15.7. The molecule has 0 spiro atoms. The largest absolute Gasteiger partial charge is 0.469 e. The minimum Gasteiger partial charge on any atom is -0.469 e. The van der Waals surface area contributed by atoms with Gasteiger partial charge in [0.2, 0.25) is 5.91 Å². The number of aromatic nitrogens is 1. The fraction of sp³-hybridized carbons (Fsp3) is 0.444. The van der Waals surface area contributed by atoms with Gasteiger partial charge >= 0.3 is 5.97 Å². The van der Waals surface area contributed by atoms with Crippen molar-refractivity contribution in [3.8, 4) is 0 Å². The van der Waals surface area contributed by atoms with Crippen molar-refractivity contribution < 1.29 is 18.7 Å². The summed E-state index contributed by atoms with van der Waals surface area (Å²) in [6, 6.07) is 6.46. The molecule has 2 heterocycles. The summed E-state index contributed by atoms with van der Waals surface area (Å²) in [6.45, 7) is 1.50. The lowest BCUT2D eigenvalue weighted by molar-refractivity contribution is -0.142. The molecule has 1 saturated heterocycles. The number of halogens is 1. The summed E-state index contributed by atoms with van der Waals surface area (Å²) >= 11 is 0. The number of hydrogen-bond donors (Lipinski definition) is 0.